The van der Waals surface area contributed by atoms with Crippen molar-refractivity contribution in [2.75, 3.05) is 13.1 Å². The van der Waals surface area contributed by atoms with E-state index in [9.17, 15) is 28.8 Å². The summed E-state index contributed by atoms with van der Waals surface area (Å²) >= 11 is 0. The number of carboxylic acid groups (broad SMARTS) is 1. The lowest BCUT2D eigenvalue weighted by atomic mass is 10.1. The summed E-state index contributed by atoms with van der Waals surface area (Å²) < 4.78 is 0. The Balaban J connectivity index is 4.67. The van der Waals surface area contributed by atoms with Gasteiger partial charge in [0.25, 0.3) is 0 Å². The van der Waals surface area contributed by atoms with Crippen LogP contribution in [0.3, 0.4) is 0 Å². The van der Waals surface area contributed by atoms with Crippen molar-refractivity contribution in [2.24, 2.45) is 17.2 Å². The van der Waals surface area contributed by atoms with Crippen LogP contribution in [0.4, 0.5) is 0 Å². The third kappa shape index (κ3) is 11.1. The van der Waals surface area contributed by atoms with Gasteiger partial charge in [-0.3, -0.25) is 24.0 Å². The number of carboxylic acids is 1. The van der Waals surface area contributed by atoms with Crippen molar-refractivity contribution in [3.8, 4) is 0 Å². The molecular formula is C14H24N6O7. The Labute approximate surface area is 154 Å². The first-order valence-corrected chi connectivity index (χ1v) is 7.92. The normalized spacial score (nSPS) is 12.3. The molecule has 0 aromatic rings. The summed E-state index contributed by atoms with van der Waals surface area (Å²) in [5.74, 6) is -5.05. The minimum absolute atomic E-state index is 0.106. The quantitative estimate of drug-likeness (QED) is 0.162. The highest BCUT2D eigenvalue weighted by Gasteiger charge is 2.23. The highest BCUT2D eigenvalue weighted by atomic mass is 16.4. The summed E-state index contributed by atoms with van der Waals surface area (Å²) in [5, 5.41) is 15.6. The molecule has 0 aliphatic heterocycles. The molecule has 0 saturated heterocycles. The van der Waals surface area contributed by atoms with Gasteiger partial charge in [-0.05, 0) is 12.8 Å². The number of nitrogens with two attached hydrogens (primary N) is 3. The van der Waals surface area contributed by atoms with Crippen molar-refractivity contribution in [1.29, 1.82) is 0 Å². The van der Waals surface area contributed by atoms with Gasteiger partial charge in [0.05, 0.1) is 13.1 Å². The zero-order valence-corrected chi connectivity index (χ0v) is 14.5. The van der Waals surface area contributed by atoms with Crippen LogP contribution >= 0.6 is 0 Å². The van der Waals surface area contributed by atoms with Gasteiger partial charge in [-0.25, -0.2) is 4.79 Å². The average Bonchev–Trinajstić information content (AvgIpc) is 2.58. The zero-order valence-electron chi connectivity index (χ0n) is 14.5. The second-order valence-corrected chi connectivity index (χ2v) is 5.51. The fourth-order valence-electron chi connectivity index (χ4n) is 1.89. The maximum Gasteiger partial charge on any atom is 0.326 e. The van der Waals surface area contributed by atoms with E-state index in [1.165, 1.54) is 0 Å². The molecule has 2 unspecified atom stereocenters. The maximum absolute atomic E-state index is 12.1. The van der Waals surface area contributed by atoms with Gasteiger partial charge in [-0.15, -0.1) is 0 Å². The first-order valence-electron chi connectivity index (χ1n) is 7.92. The molecule has 0 rings (SSSR count). The SMILES string of the molecule is NCC(=O)NC(CCC(N)=O)C(=O)NCC(=O)NC(CCC(N)=O)C(=O)O. The fourth-order valence-corrected chi connectivity index (χ4v) is 1.89. The van der Waals surface area contributed by atoms with Crippen LogP contribution < -0.4 is 33.2 Å². The third-order valence-electron chi connectivity index (χ3n) is 3.25. The van der Waals surface area contributed by atoms with Crippen LogP contribution in [-0.4, -0.2) is 65.8 Å². The van der Waals surface area contributed by atoms with Crippen LogP contribution in [0.5, 0.6) is 0 Å². The molecule has 13 nitrogen and oxygen atoms in total. The van der Waals surface area contributed by atoms with Gasteiger partial charge in [0.15, 0.2) is 0 Å². The Morgan fingerprint density at radius 3 is 1.74 bits per heavy atom. The van der Waals surface area contributed by atoms with Crippen molar-refractivity contribution < 1.29 is 33.9 Å². The molecule has 5 amide bonds. The number of amides is 5. The Kier molecular flexibility index (Phi) is 10.7. The Morgan fingerprint density at radius 2 is 1.30 bits per heavy atom. The molecule has 27 heavy (non-hydrogen) atoms. The van der Waals surface area contributed by atoms with E-state index in [4.69, 9.17) is 22.3 Å². The lowest BCUT2D eigenvalue weighted by molar-refractivity contribution is -0.142. The van der Waals surface area contributed by atoms with Gasteiger partial charge in [0, 0.05) is 12.8 Å². The number of hydrogen-bond donors (Lipinski definition) is 7. The third-order valence-corrected chi connectivity index (χ3v) is 3.25. The molecular weight excluding hydrogens is 364 g/mol. The van der Waals surface area contributed by atoms with Crippen LogP contribution in [0.2, 0.25) is 0 Å². The highest BCUT2D eigenvalue weighted by Crippen LogP contribution is 1.99. The summed E-state index contributed by atoms with van der Waals surface area (Å²) in [6.07, 6.45) is -0.754. The summed E-state index contributed by atoms with van der Waals surface area (Å²) in [7, 11) is 0. The summed E-state index contributed by atoms with van der Waals surface area (Å²) in [6.45, 7) is -0.980. The van der Waals surface area contributed by atoms with E-state index in [0.717, 1.165) is 0 Å². The van der Waals surface area contributed by atoms with E-state index in [1.54, 1.807) is 0 Å². The number of rotatable bonds is 13. The standard InChI is InChI=1S/C14H24N6O7/c15-5-11(23)19-7(1-3-9(16)21)13(25)18-6-12(24)20-8(14(26)27)2-4-10(17)22/h7-8H,1-6,15H2,(H2,16,21)(H2,17,22)(H,18,25)(H,19,23)(H,20,24)(H,26,27). The van der Waals surface area contributed by atoms with Crippen molar-refractivity contribution in [3.05, 3.63) is 0 Å². The second-order valence-electron chi connectivity index (χ2n) is 5.51. The van der Waals surface area contributed by atoms with Gasteiger partial charge in [0.2, 0.25) is 29.5 Å². The Hall–Kier alpha value is -3.22. The maximum atomic E-state index is 12.1. The van der Waals surface area contributed by atoms with E-state index in [2.05, 4.69) is 16.0 Å². The minimum Gasteiger partial charge on any atom is -0.480 e. The molecule has 0 heterocycles. The molecule has 0 spiro atoms. The largest absolute Gasteiger partial charge is 0.480 e. The monoisotopic (exact) mass is 388 g/mol. The Morgan fingerprint density at radius 1 is 0.815 bits per heavy atom. The van der Waals surface area contributed by atoms with Gasteiger partial charge in [0.1, 0.15) is 12.1 Å². The van der Waals surface area contributed by atoms with E-state index in [-0.39, 0.29) is 32.2 Å². The molecule has 0 aromatic carbocycles. The lowest BCUT2D eigenvalue weighted by Crippen LogP contribution is -2.51. The molecule has 0 radical (unpaired) electrons. The number of nitrogens with one attached hydrogen (secondary N) is 3. The van der Waals surface area contributed by atoms with Crippen LogP contribution in [0.25, 0.3) is 0 Å². The molecule has 0 fully saturated rings. The summed E-state index contributed by atoms with van der Waals surface area (Å²) in [4.78, 5) is 67.8. The van der Waals surface area contributed by atoms with E-state index in [0.29, 0.717) is 0 Å². The molecule has 152 valence electrons. The number of primary amides is 2. The van der Waals surface area contributed by atoms with Crippen molar-refractivity contribution in [3.63, 3.8) is 0 Å². The van der Waals surface area contributed by atoms with Crippen LogP contribution in [0.1, 0.15) is 25.7 Å². The predicted octanol–water partition coefficient (Wildman–Crippen LogP) is -4.35. The van der Waals surface area contributed by atoms with Crippen molar-refractivity contribution >= 4 is 35.5 Å². The Bertz CT molecular complexity index is 595. The number of carbonyl (C=O) groups is 6. The van der Waals surface area contributed by atoms with Gasteiger partial charge >= 0.3 is 5.97 Å². The van der Waals surface area contributed by atoms with E-state index < -0.39 is 54.1 Å². The first kappa shape index (κ1) is 23.8. The van der Waals surface area contributed by atoms with Crippen molar-refractivity contribution in [2.45, 2.75) is 37.8 Å². The molecule has 0 aliphatic rings. The molecule has 0 saturated carbocycles. The van der Waals surface area contributed by atoms with Crippen molar-refractivity contribution in [1.82, 2.24) is 16.0 Å². The second kappa shape index (κ2) is 12.2. The van der Waals surface area contributed by atoms with Crippen LogP contribution in [-0.2, 0) is 28.8 Å². The lowest BCUT2D eigenvalue weighted by Gasteiger charge is -2.18. The number of aliphatic carboxylic acids is 1. The molecule has 0 aromatic heterocycles. The van der Waals surface area contributed by atoms with Gasteiger partial charge < -0.3 is 38.3 Å². The molecule has 0 aliphatic carbocycles. The molecule has 10 N–H and O–H groups in total. The van der Waals surface area contributed by atoms with Gasteiger partial charge in [-0.1, -0.05) is 0 Å². The molecule has 2 atom stereocenters. The van der Waals surface area contributed by atoms with Crippen LogP contribution in [0.15, 0.2) is 0 Å². The topological polar surface area (TPSA) is 237 Å². The number of carbonyl (C=O) groups excluding carboxylic acids is 5. The molecule has 0 bridgehead atoms. The van der Waals surface area contributed by atoms with Crippen LogP contribution in [0, 0.1) is 0 Å². The molecule has 13 heteroatoms. The van der Waals surface area contributed by atoms with E-state index >= 15 is 0 Å². The summed E-state index contributed by atoms with van der Waals surface area (Å²) in [5.41, 5.74) is 15.1. The highest BCUT2D eigenvalue weighted by molar-refractivity contribution is 5.92. The first-order chi connectivity index (χ1) is 12.6. The predicted molar refractivity (Wildman–Crippen MR) is 90.4 cm³/mol. The zero-order chi connectivity index (χ0) is 21.0. The van der Waals surface area contributed by atoms with E-state index in [1.807, 2.05) is 0 Å². The average molecular weight is 388 g/mol. The smallest absolute Gasteiger partial charge is 0.326 e. The fraction of sp³-hybridized carbons (Fsp3) is 0.571. The summed E-state index contributed by atoms with van der Waals surface area (Å²) in [6, 6.07) is -2.50. The van der Waals surface area contributed by atoms with Gasteiger partial charge in [-0.2, -0.15) is 0 Å². The number of hydrogen-bond acceptors (Lipinski definition) is 7. The minimum atomic E-state index is -1.37.